The van der Waals surface area contributed by atoms with E-state index < -0.39 is 5.97 Å². The zero-order chi connectivity index (χ0) is 19.4. The Hall–Kier alpha value is -2.86. The number of anilines is 2. The lowest BCUT2D eigenvalue weighted by molar-refractivity contribution is -0.880. The first-order valence-corrected chi connectivity index (χ1v) is 9.14. The van der Waals surface area contributed by atoms with E-state index in [2.05, 4.69) is 17.3 Å². The number of amides is 1. The summed E-state index contributed by atoms with van der Waals surface area (Å²) in [6.07, 6.45) is 0. The first kappa shape index (κ1) is 18.9. The Morgan fingerprint density at radius 3 is 2.48 bits per heavy atom. The number of esters is 1. The summed E-state index contributed by atoms with van der Waals surface area (Å²) in [6, 6.07) is 12.8. The van der Waals surface area contributed by atoms with Gasteiger partial charge in [-0.05, 0) is 37.3 Å². The summed E-state index contributed by atoms with van der Waals surface area (Å²) in [6.45, 7) is 5.81. The van der Waals surface area contributed by atoms with E-state index in [1.54, 1.807) is 18.2 Å². The van der Waals surface area contributed by atoms with Crippen LogP contribution in [0.15, 0.2) is 42.5 Å². The van der Waals surface area contributed by atoms with Gasteiger partial charge in [0.15, 0.2) is 0 Å². The van der Waals surface area contributed by atoms with Crippen molar-refractivity contribution in [2.75, 3.05) is 50.6 Å². The van der Waals surface area contributed by atoms with Crippen LogP contribution in [0, 0.1) is 6.92 Å². The van der Waals surface area contributed by atoms with Gasteiger partial charge in [-0.25, -0.2) is 4.79 Å². The molecule has 0 aromatic heterocycles. The number of benzene rings is 2. The number of nitrogens with one attached hydrogen (secondary N) is 2. The molecule has 2 N–H and O–H groups in total. The number of hydrogen-bond donors (Lipinski definition) is 2. The van der Waals surface area contributed by atoms with E-state index in [-0.39, 0.29) is 5.91 Å². The van der Waals surface area contributed by atoms with Crippen LogP contribution in [-0.2, 0) is 4.74 Å². The molecule has 0 unspecified atom stereocenters. The molecule has 142 valence electrons. The van der Waals surface area contributed by atoms with Crippen LogP contribution >= 0.6 is 0 Å². The number of carbonyl (C=O) groups is 2. The third-order valence-electron chi connectivity index (χ3n) is 4.90. The van der Waals surface area contributed by atoms with Crippen LogP contribution in [0.3, 0.4) is 0 Å². The Labute approximate surface area is 159 Å². The molecule has 1 heterocycles. The summed E-state index contributed by atoms with van der Waals surface area (Å²) < 4.78 is 4.83. The van der Waals surface area contributed by atoms with Crippen LogP contribution in [-0.4, -0.2) is 52.2 Å². The van der Waals surface area contributed by atoms with Crippen molar-refractivity contribution in [3.05, 3.63) is 59.2 Å². The zero-order valence-electron chi connectivity index (χ0n) is 16.0. The number of hydrogen-bond acceptors (Lipinski definition) is 4. The predicted molar refractivity (Wildman–Crippen MR) is 106 cm³/mol. The van der Waals surface area contributed by atoms with Gasteiger partial charge in [0, 0.05) is 5.56 Å². The molecule has 1 aliphatic heterocycles. The number of nitrogens with zero attached hydrogens (tertiary/aromatic N) is 1. The van der Waals surface area contributed by atoms with Crippen LogP contribution in [0.2, 0.25) is 0 Å². The quantitative estimate of drug-likeness (QED) is 0.800. The van der Waals surface area contributed by atoms with Gasteiger partial charge in [0.25, 0.3) is 5.91 Å². The van der Waals surface area contributed by atoms with E-state index in [0.717, 1.165) is 37.4 Å². The van der Waals surface area contributed by atoms with Crippen LogP contribution in [0.25, 0.3) is 0 Å². The topological polar surface area (TPSA) is 63.1 Å². The minimum Gasteiger partial charge on any atom is -0.465 e. The third-order valence-corrected chi connectivity index (χ3v) is 4.90. The van der Waals surface area contributed by atoms with Crippen molar-refractivity contribution in [3.63, 3.8) is 0 Å². The van der Waals surface area contributed by atoms with Gasteiger partial charge in [-0.2, -0.15) is 0 Å². The minimum atomic E-state index is -0.421. The molecule has 0 saturated carbocycles. The van der Waals surface area contributed by atoms with Crippen molar-refractivity contribution >= 4 is 23.3 Å². The Morgan fingerprint density at radius 2 is 1.81 bits per heavy atom. The lowest BCUT2D eigenvalue weighted by Crippen LogP contribution is -3.12. The highest BCUT2D eigenvalue weighted by atomic mass is 16.5. The summed E-state index contributed by atoms with van der Waals surface area (Å²) >= 11 is 0. The number of ether oxygens (including phenoxy) is 1. The van der Waals surface area contributed by atoms with Gasteiger partial charge >= 0.3 is 5.97 Å². The Bertz CT molecular complexity index is 842. The lowest BCUT2D eigenvalue weighted by atomic mass is 10.1. The molecule has 2 aromatic rings. The molecular weight excluding hydrogens is 342 g/mol. The maximum atomic E-state index is 12.8. The van der Waals surface area contributed by atoms with Gasteiger partial charge in [0.2, 0.25) is 0 Å². The fourth-order valence-electron chi connectivity index (χ4n) is 3.27. The Balaban J connectivity index is 1.92. The predicted octanol–water partition coefficient (Wildman–Crippen LogP) is 1.37. The Kier molecular flexibility index (Phi) is 5.76. The van der Waals surface area contributed by atoms with E-state index in [0.29, 0.717) is 16.8 Å². The molecule has 6 heteroatoms. The van der Waals surface area contributed by atoms with Crippen LogP contribution in [0.1, 0.15) is 26.3 Å². The first-order valence-electron chi connectivity index (χ1n) is 9.14. The molecule has 0 aliphatic carbocycles. The second-order valence-corrected chi connectivity index (χ2v) is 6.99. The summed E-state index contributed by atoms with van der Waals surface area (Å²) in [5.74, 6) is -0.614. The highest BCUT2D eigenvalue weighted by molar-refractivity contribution is 6.07. The monoisotopic (exact) mass is 368 g/mol. The average molecular weight is 368 g/mol. The maximum absolute atomic E-state index is 12.8. The summed E-state index contributed by atoms with van der Waals surface area (Å²) in [5.41, 5.74) is 3.58. The number of piperazine rings is 1. The van der Waals surface area contributed by atoms with Gasteiger partial charge < -0.3 is 19.9 Å². The molecule has 6 nitrogen and oxygen atoms in total. The number of rotatable bonds is 4. The molecule has 27 heavy (non-hydrogen) atoms. The van der Waals surface area contributed by atoms with Gasteiger partial charge in [0.05, 0.1) is 57.3 Å². The van der Waals surface area contributed by atoms with Crippen LogP contribution in [0.5, 0.6) is 0 Å². The molecule has 1 fully saturated rings. The van der Waals surface area contributed by atoms with Gasteiger partial charge in [-0.15, -0.1) is 0 Å². The van der Waals surface area contributed by atoms with E-state index >= 15 is 0 Å². The zero-order valence-corrected chi connectivity index (χ0v) is 16.0. The lowest BCUT2D eigenvalue weighted by Gasteiger charge is -2.33. The number of likely N-dealkylation sites (N-methyl/N-ethyl adjacent to an activating group) is 1. The largest absolute Gasteiger partial charge is 0.465 e. The standard InChI is InChI=1S/C21H25N3O3/c1-15-5-4-6-16(13-15)20(25)22-18-14-17(21(26)27-3)7-8-19(18)24-11-9-23(2)10-12-24/h4-8,13-14H,9-12H2,1-3H3,(H,22,25)/p+1. The van der Waals surface area contributed by atoms with Crippen molar-refractivity contribution in [1.82, 2.24) is 0 Å². The fourth-order valence-corrected chi connectivity index (χ4v) is 3.27. The van der Waals surface area contributed by atoms with Gasteiger partial charge in [0.1, 0.15) is 0 Å². The normalized spacial score (nSPS) is 14.7. The van der Waals surface area contributed by atoms with Gasteiger partial charge in [-0.1, -0.05) is 17.7 Å². The average Bonchev–Trinajstić information content (AvgIpc) is 2.68. The van der Waals surface area contributed by atoms with Crippen LogP contribution < -0.4 is 15.1 Å². The molecule has 0 bridgehead atoms. The molecule has 3 rings (SSSR count). The highest BCUT2D eigenvalue weighted by Crippen LogP contribution is 2.28. The smallest absolute Gasteiger partial charge is 0.337 e. The van der Waals surface area contributed by atoms with Crippen molar-refractivity contribution in [2.45, 2.75) is 6.92 Å². The minimum absolute atomic E-state index is 0.193. The van der Waals surface area contributed by atoms with Crippen molar-refractivity contribution in [2.24, 2.45) is 0 Å². The first-order chi connectivity index (χ1) is 13.0. The van der Waals surface area contributed by atoms with E-state index in [4.69, 9.17) is 4.74 Å². The molecule has 0 spiro atoms. The van der Waals surface area contributed by atoms with E-state index in [9.17, 15) is 9.59 Å². The molecule has 1 aliphatic rings. The molecule has 1 saturated heterocycles. The molecule has 0 radical (unpaired) electrons. The van der Waals surface area contributed by atoms with Crippen molar-refractivity contribution < 1.29 is 19.2 Å². The van der Waals surface area contributed by atoms with Crippen LogP contribution in [0.4, 0.5) is 11.4 Å². The number of aryl methyl sites for hydroxylation is 1. The third kappa shape index (κ3) is 4.46. The summed E-state index contributed by atoms with van der Waals surface area (Å²) in [4.78, 5) is 28.4. The fraction of sp³-hybridized carbons (Fsp3) is 0.333. The van der Waals surface area contributed by atoms with E-state index in [1.165, 1.54) is 12.0 Å². The Morgan fingerprint density at radius 1 is 1.07 bits per heavy atom. The molecule has 1 amide bonds. The number of methoxy groups -OCH3 is 1. The highest BCUT2D eigenvalue weighted by Gasteiger charge is 2.21. The SMILES string of the molecule is COC(=O)c1ccc(N2CC[NH+](C)CC2)c(NC(=O)c2cccc(C)c2)c1. The second kappa shape index (κ2) is 8.22. The second-order valence-electron chi connectivity index (χ2n) is 6.99. The summed E-state index contributed by atoms with van der Waals surface area (Å²) in [7, 11) is 3.53. The molecular formula is C21H26N3O3+. The molecule has 2 aromatic carbocycles. The maximum Gasteiger partial charge on any atom is 0.337 e. The van der Waals surface area contributed by atoms with Gasteiger partial charge in [-0.3, -0.25) is 4.79 Å². The molecule has 0 atom stereocenters. The number of carbonyl (C=O) groups excluding carboxylic acids is 2. The van der Waals surface area contributed by atoms with E-state index in [1.807, 2.05) is 31.2 Å². The van der Waals surface area contributed by atoms with Crippen molar-refractivity contribution in [3.8, 4) is 0 Å². The number of quaternary nitrogens is 1. The van der Waals surface area contributed by atoms with Crippen molar-refractivity contribution in [1.29, 1.82) is 0 Å². The summed E-state index contributed by atoms with van der Waals surface area (Å²) in [5, 5.41) is 2.99.